The summed E-state index contributed by atoms with van der Waals surface area (Å²) in [5, 5.41) is 5.95. The van der Waals surface area contributed by atoms with Gasteiger partial charge in [0.05, 0.1) is 9.75 Å². The Morgan fingerprint density at radius 3 is 2.53 bits per heavy atom. The van der Waals surface area contributed by atoms with Gasteiger partial charge in [0.15, 0.2) is 0 Å². The van der Waals surface area contributed by atoms with E-state index in [0.717, 1.165) is 30.8 Å². The van der Waals surface area contributed by atoms with Crippen LogP contribution in [0.25, 0.3) is 0 Å². The maximum atomic E-state index is 11.6. The van der Waals surface area contributed by atoms with E-state index in [2.05, 4.69) is 17.6 Å². The molecule has 2 amide bonds. The van der Waals surface area contributed by atoms with Crippen LogP contribution in [-0.2, 0) is 0 Å². The lowest BCUT2D eigenvalue weighted by atomic mass is 10.4. The highest BCUT2D eigenvalue weighted by Gasteiger charge is 2.10. The number of rotatable bonds is 7. The molecule has 17 heavy (non-hydrogen) atoms. The predicted octanol–water partition coefficient (Wildman–Crippen LogP) is 0.576. The molecule has 0 spiro atoms. The van der Waals surface area contributed by atoms with Gasteiger partial charge in [-0.15, -0.1) is 11.3 Å². The number of hydrogen-bond donors (Lipinski definition) is 3. The van der Waals surface area contributed by atoms with Crippen molar-refractivity contribution in [2.24, 2.45) is 5.73 Å². The summed E-state index contributed by atoms with van der Waals surface area (Å²) in [6.45, 7) is 4.35. The predicted molar refractivity (Wildman–Crippen MR) is 68.3 cm³/mol. The molecule has 6 heteroatoms. The van der Waals surface area contributed by atoms with Gasteiger partial charge in [-0.05, 0) is 25.1 Å². The van der Waals surface area contributed by atoms with Gasteiger partial charge >= 0.3 is 0 Å². The molecule has 4 N–H and O–H groups in total. The highest BCUT2D eigenvalue weighted by Crippen LogP contribution is 2.15. The van der Waals surface area contributed by atoms with E-state index in [0.29, 0.717) is 16.3 Å². The monoisotopic (exact) mass is 255 g/mol. The Bertz CT molecular complexity index is 390. The van der Waals surface area contributed by atoms with Crippen molar-refractivity contribution in [3.05, 3.63) is 21.9 Å². The number of carbonyl (C=O) groups excluding carboxylic acids is 2. The molecule has 0 radical (unpaired) electrons. The first kappa shape index (κ1) is 13.7. The molecule has 0 aliphatic carbocycles. The van der Waals surface area contributed by atoms with Crippen molar-refractivity contribution in [2.75, 3.05) is 19.6 Å². The zero-order valence-electron chi connectivity index (χ0n) is 9.79. The maximum absolute atomic E-state index is 11.6. The van der Waals surface area contributed by atoms with Crippen molar-refractivity contribution in [1.29, 1.82) is 0 Å². The molecule has 0 aromatic carbocycles. The number of hydrogen-bond acceptors (Lipinski definition) is 4. The average Bonchev–Trinajstić information content (AvgIpc) is 2.78. The van der Waals surface area contributed by atoms with Crippen molar-refractivity contribution in [2.45, 2.75) is 13.3 Å². The van der Waals surface area contributed by atoms with E-state index >= 15 is 0 Å². The Morgan fingerprint density at radius 1 is 1.24 bits per heavy atom. The minimum atomic E-state index is -0.501. The smallest absolute Gasteiger partial charge is 0.261 e. The third kappa shape index (κ3) is 4.54. The van der Waals surface area contributed by atoms with Crippen LogP contribution < -0.4 is 16.4 Å². The molecular formula is C11H17N3O2S. The van der Waals surface area contributed by atoms with Crippen molar-refractivity contribution < 1.29 is 9.59 Å². The molecule has 0 fully saturated rings. The number of carbonyl (C=O) groups is 2. The van der Waals surface area contributed by atoms with Crippen LogP contribution >= 0.6 is 11.3 Å². The summed E-state index contributed by atoms with van der Waals surface area (Å²) in [6, 6.07) is 3.18. The summed E-state index contributed by atoms with van der Waals surface area (Å²) < 4.78 is 0. The molecule has 0 saturated heterocycles. The number of nitrogens with two attached hydrogens (primary N) is 1. The Balaban J connectivity index is 2.34. The van der Waals surface area contributed by atoms with E-state index in [9.17, 15) is 9.59 Å². The number of primary amides is 1. The van der Waals surface area contributed by atoms with Crippen LogP contribution in [0.3, 0.4) is 0 Å². The van der Waals surface area contributed by atoms with Gasteiger partial charge in [0.25, 0.3) is 11.8 Å². The summed E-state index contributed by atoms with van der Waals surface area (Å²) in [4.78, 5) is 23.4. The summed E-state index contributed by atoms with van der Waals surface area (Å²) >= 11 is 1.11. The minimum absolute atomic E-state index is 0.166. The van der Waals surface area contributed by atoms with Crippen LogP contribution in [0.15, 0.2) is 12.1 Å². The second-order valence-corrected chi connectivity index (χ2v) is 4.62. The fourth-order valence-electron chi connectivity index (χ4n) is 1.25. The molecular weight excluding hydrogens is 238 g/mol. The van der Waals surface area contributed by atoms with E-state index < -0.39 is 5.91 Å². The normalized spacial score (nSPS) is 10.2. The van der Waals surface area contributed by atoms with Gasteiger partial charge in [0, 0.05) is 13.1 Å². The first-order valence-corrected chi connectivity index (χ1v) is 6.35. The summed E-state index contributed by atoms with van der Waals surface area (Å²) in [6.07, 6.45) is 1.07. The SMILES string of the molecule is CCCNCCNC(=O)c1ccc(C(N)=O)s1. The van der Waals surface area contributed by atoms with Gasteiger partial charge in [-0.1, -0.05) is 6.92 Å². The van der Waals surface area contributed by atoms with Crippen molar-refractivity contribution in [3.63, 3.8) is 0 Å². The standard InChI is InChI=1S/C11H17N3O2S/c1-2-5-13-6-7-14-11(16)9-4-3-8(17-9)10(12)15/h3-4,13H,2,5-7H2,1H3,(H2,12,15)(H,14,16). The molecule has 94 valence electrons. The fourth-order valence-corrected chi connectivity index (χ4v) is 2.02. The topological polar surface area (TPSA) is 84.2 Å². The largest absolute Gasteiger partial charge is 0.365 e. The van der Waals surface area contributed by atoms with E-state index in [1.54, 1.807) is 12.1 Å². The van der Waals surface area contributed by atoms with Crippen molar-refractivity contribution >= 4 is 23.2 Å². The number of amides is 2. The first-order valence-electron chi connectivity index (χ1n) is 5.53. The van der Waals surface area contributed by atoms with Crippen LogP contribution in [0.4, 0.5) is 0 Å². The van der Waals surface area contributed by atoms with Crippen LogP contribution in [-0.4, -0.2) is 31.4 Å². The lowest BCUT2D eigenvalue weighted by Crippen LogP contribution is -2.31. The maximum Gasteiger partial charge on any atom is 0.261 e. The van der Waals surface area contributed by atoms with Crippen LogP contribution in [0.5, 0.6) is 0 Å². The zero-order chi connectivity index (χ0) is 12.7. The van der Waals surface area contributed by atoms with Gasteiger partial charge < -0.3 is 16.4 Å². The first-order chi connectivity index (χ1) is 8.15. The van der Waals surface area contributed by atoms with Gasteiger partial charge in [-0.3, -0.25) is 9.59 Å². The molecule has 1 rings (SSSR count). The molecule has 0 saturated carbocycles. The Morgan fingerprint density at radius 2 is 1.94 bits per heavy atom. The quantitative estimate of drug-likeness (QED) is 0.623. The van der Waals surface area contributed by atoms with Crippen molar-refractivity contribution in [1.82, 2.24) is 10.6 Å². The number of nitrogens with one attached hydrogen (secondary N) is 2. The molecule has 0 aliphatic heterocycles. The van der Waals surface area contributed by atoms with Crippen LogP contribution in [0.2, 0.25) is 0 Å². The molecule has 1 heterocycles. The zero-order valence-corrected chi connectivity index (χ0v) is 10.6. The lowest BCUT2D eigenvalue weighted by molar-refractivity contribution is 0.0957. The third-order valence-corrected chi connectivity index (χ3v) is 3.19. The third-order valence-electron chi connectivity index (χ3n) is 2.09. The molecule has 0 aliphatic rings. The van der Waals surface area contributed by atoms with Crippen LogP contribution in [0, 0.1) is 0 Å². The van der Waals surface area contributed by atoms with E-state index in [-0.39, 0.29) is 5.91 Å². The molecule has 0 unspecified atom stereocenters. The van der Waals surface area contributed by atoms with Crippen LogP contribution in [0.1, 0.15) is 32.7 Å². The second kappa shape index (κ2) is 7.03. The molecule has 1 aromatic rings. The Kier molecular flexibility index (Phi) is 5.65. The van der Waals surface area contributed by atoms with Crippen molar-refractivity contribution in [3.8, 4) is 0 Å². The fraction of sp³-hybridized carbons (Fsp3) is 0.455. The molecule has 5 nitrogen and oxygen atoms in total. The average molecular weight is 255 g/mol. The summed E-state index contributed by atoms with van der Waals surface area (Å²) in [5.41, 5.74) is 5.11. The van der Waals surface area contributed by atoms with Gasteiger partial charge in [0.2, 0.25) is 0 Å². The second-order valence-electron chi connectivity index (χ2n) is 3.53. The summed E-state index contributed by atoms with van der Waals surface area (Å²) in [7, 11) is 0. The van der Waals surface area contributed by atoms with E-state index in [4.69, 9.17) is 5.73 Å². The van der Waals surface area contributed by atoms with Gasteiger partial charge in [-0.2, -0.15) is 0 Å². The lowest BCUT2D eigenvalue weighted by Gasteiger charge is -2.04. The summed E-state index contributed by atoms with van der Waals surface area (Å²) in [5.74, 6) is -0.667. The highest BCUT2D eigenvalue weighted by molar-refractivity contribution is 7.15. The van der Waals surface area contributed by atoms with E-state index in [1.165, 1.54) is 0 Å². The minimum Gasteiger partial charge on any atom is -0.365 e. The van der Waals surface area contributed by atoms with E-state index in [1.807, 2.05) is 0 Å². The highest BCUT2D eigenvalue weighted by atomic mass is 32.1. The molecule has 0 bridgehead atoms. The number of thiophene rings is 1. The van der Waals surface area contributed by atoms with Gasteiger partial charge in [-0.25, -0.2) is 0 Å². The Labute approximate surface area is 104 Å². The Hall–Kier alpha value is -1.40. The molecule has 0 atom stereocenters. The molecule has 1 aromatic heterocycles. The van der Waals surface area contributed by atoms with Gasteiger partial charge in [0.1, 0.15) is 0 Å².